The summed E-state index contributed by atoms with van der Waals surface area (Å²) in [5.74, 6) is 0.509. The van der Waals surface area contributed by atoms with E-state index in [-0.39, 0.29) is 28.9 Å². The Morgan fingerprint density at radius 1 is 0.636 bits per heavy atom. The molecule has 1 radical (unpaired) electrons. The van der Waals surface area contributed by atoms with Crippen LogP contribution in [-0.4, -0.2) is 20.4 Å². The van der Waals surface area contributed by atoms with Crippen LogP contribution >= 0.6 is 0 Å². The Kier molecular flexibility index (Phi) is 10.4. The molecular weight excluding hydrogens is 412 g/mol. The fourth-order valence-electron chi connectivity index (χ4n) is 3.16. The monoisotopic (exact) mass is 443 g/mol. The molecule has 4 rings (SSSR count). The summed E-state index contributed by atoms with van der Waals surface area (Å²) in [5.41, 5.74) is 3.35. The summed E-state index contributed by atoms with van der Waals surface area (Å²) in [7, 11) is 0. The van der Waals surface area contributed by atoms with Gasteiger partial charge in [-0.2, -0.15) is 0 Å². The van der Waals surface area contributed by atoms with E-state index in [1.54, 1.807) is 18.2 Å². The molecule has 0 aromatic heterocycles. The van der Waals surface area contributed by atoms with Crippen LogP contribution in [0.15, 0.2) is 103 Å². The third-order valence-electron chi connectivity index (χ3n) is 4.92. The molecule has 0 amide bonds. The van der Waals surface area contributed by atoms with Crippen molar-refractivity contribution in [1.82, 2.24) is 0 Å². The zero-order chi connectivity index (χ0) is 24.1. The molecule has 171 valence electrons. The first-order valence-corrected chi connectivity index (χ1v) is 10.8. The van der Waals surface area contributed by atoms with E-state index in [1.165, 1.54) is 29.8 Å². The number of aryl methyl sites for hydroxylation is 1. The first kappa shape index (κ1) is 25.3. The molecule has 0 saturated heterocycles. The van der Waals surface area contributed by atoms with Gasteiger partial charge in [0.1, 0.15) is 23.0 Å². The third-order valence-corrected chi connectivity index (χ3v) is 4.92. The summed E-state index contributed by atoms with van der Waals surface area (Å²) in [5, 5.41) is 36.3. The van der Waals surface area contributed by atoms with Gasteiger partial charge < -0.3 is 20.4 Å². The molecule has 4 nitrogen and oxygen atoms in total. The highest BCUT2D eigenvalue weighted by Crippen LogP contribution is 2.32. The summed E-state index contributed by atoms with van der Waals surface area (Å²) in [4.78, 5) is 0. The van der Waals surface area contributed by atoms with Gasteiger partial charge in [0.15, 0.2) is 0 Å². The van der Waals surface area contributed by atoms with Gasteiger partial charge in [-0.15, -0.1) is 0 Å². The van der Waals surface area contributed by atoms with Gasteiger partial charge in [-0.1, -0.05) is 86.6 Å². The van der Waals surface area contributed by atoms with E-state index < -0.39 is 0 Å². The topological polar surface area (TPSA) is 80.9 Å². The summed E-state index contributed by atoms with van der Waals surface area (Å²) in [6.45, 7) is 5.81. The Bertz CT molecular complexity index is 1060. The number of phenolic OH excluding ortho intramolecular Hbond substituents is 4. The predicted molar refractivity (Wildman–Crippen MR) is 134 cm³/mol. The quantitative estimate of drug-likeness (QED) is 0.280. The van der Waals surface area contributed by atoms with Crippen molar-refractivity contribution < 1.29 is 20.4 Å². The lowest BCUT2D eigenvalue weighted by Crippen LogP contribution is -1.95. The van der Waals surface area contributed by atoms with Crippen molar-refractivity contribution in [2.45, 2.75) is 25.7 Å². The number of hydrogen-bond donors (Lipinski definition) is 4. The van der Waals surface area contributed by atoms with Crippen LogP contribution in [0.4, 0.5) is 0 Å². The van der Waals surface area contributed by atoms with Gasteiger partial charge in [0.2, 0.25) is 0 Å². The lowest BCUT2D eigenvalue weighted by atomic mass is 9.92. The van der Waals surface area contributed by atoms with Gasteiger partial charge in [0.05, 0.1) is 0 Å². The molecule has 4 aromatic carbocycles. The van der Waals surface area contributed by atoms with E-state index in [1.807, 2.05) is 43.3 Å². The zero-order valence-corrected chi connectivity index (χ0v) is 18.8. The maximum absolute atomic E-state index is 9.76. The predicted octanol–water partition coefficient (Wildman–Crippen LogP) is 6.80. The number of benzene rings is 4. The standard InChI is InChI=1S/C14H14O2.C9H11.C6H6O2/c1-10(11-5-3-2-4-6-11)13-8-7-12(15)9-14(13)16;1-2-6-9-7-4-3-5-8-9;7-5-2-1-3-6(8)4-5/h2-10,15-16H,1H3;3-5,7-8H,1-2,6H2;1-4,7-8H. The lowest BCUT2D eigenvalue weighted by molar-refractivity contribution is 0.444. The number of phenols is 4. The van der Waals surface area contributed by atoms with E-state index in [4.69, 9.17) is 10.2 Å². The Balaban J connectivity index is 0.000000192. The second-order valence-electron chi connectivity index (χ2n) is 7.48. The Labute approximate surface area is 196 Å². The highest BCUT2D eigenvalue weighted by atomic mass is 16.3. The van der Waals surface area contributed by atoms with Crippen molar-refractivity contribution in [3.05, 3.63) is 127 Å². The van der Waals surface area contributed by atoms with E-state index in [0.717, 1.165) is 24.0 Å². The normalized spacial score (nSPS) is 10.7. The SMILES string of the molecule is CC(c1ccccc1)c1ccc(O)cc1O.Oc1cccc(O)c1.[CH2]CCc1ccccc1. The highest BCUT2D eigenvalue weighted by molar-refractivity contribution is 5.44. The molecule has 0 aliphatic rings. The van der Waals surface area contributed by atoms with Crippen LogP contribution in [0.5, 0.6) is 23.0 Å². The molecule has 0 heterocycles. The first-order chi connectivity index (χ1) is 15.9. The van der Waals surface area contributed by atoms with Gasteiger partial charge in [-0.05, 0) is 42.2 Å². The molecule has 33 heavy (non-hydrogen) atoms. The molecule has 0 saturated carbocycles. The summed E-state index contributed by atoms with van der Waals surface area (Å²) >= 11 is 0. The molecule has 0 aliphatic heterocycles. The minimum atomic E-state index is 0.0847. The van der Waals surface area contributed by atoms with E-state index in [9.17, 15) is 10.2 Å². The van der Waals surface area contributed by atoms with Crippen LogP contribution in [0.2, 0.25) is 0 Å². The Morgan fingerprint density at radius 3 is 1.67 bits per heavy atom. The highest BCUT2D eigenvalue weighted by Gasteiger charge is 2.12. The van der Waals surface area contributed by atoms with Crippen LogP contribution in [0.25, 0.3) is 0 Å². The van der Waals surface area contributed by atoms with Crippen molar-refractivity contribution >= 4 is 0 Å². The van der Waals surface area contributed by atoms with E-state index in [2.05, 4.69) is 31.2 Å². The van der Waals surface area contributed by atoms with Crippen molar-refractivity contribution in [1.29, 1.82) is 0 Å². The minimum Gasteiger partial charge on any atom is -0.508 e. The van der Waals surface area contributed by atoms with Crippen LogP contribution < -0.4 is 0 Å². The molecule has 4 aromatic rings. The molecule has 4 N–H and O–H groups in total. The van der Waals surface area contributed by atoms with Gasteiger partial charge in [-0.3, -0.25) is 0 Å². The van der Waals surface area contributed by atoms with Gasteiger partial charge in [-0.25, -0.2) is 0 Å². The molecule has 0 fully saturated rings. The Morgan fingerprint density at radius 2 is 1.18 bits per heavy atom. The average molecular weight is 444 g/mol. The second kappa shape index (κ2) is 13.5. The van der Waals surface area contributed by atoms with Crippen molar-refractivity contribution in [2.24, 2.45) is 0 Å². The van der Waals surface area contributed by atoms with Crippen LogP contribution in [-0.2, 0) is 6.42 Å². The fourth-order valence-corrected chi connectivity index (χ4v) is 3.16. The zero-order valence-electron chi connectivity index (χ0n) is 18.8. The van der Waals surface area contributed by atoms with Crippen molar-refractivity contribution in [2.75, 3.05) is 0 Å². The Hall–Kier alpha value is -3.92. The lowest BCUT2D eigenvalue weighted by Gasteiger charge is -2.14. The minimum absolute atomic E-state index is 0.0847. The molecule has 1 unspecified atom stereocenters. The summed E-state index contributed by atoms with van der Waals surface area (Å²) in [6, 6.07) is 30.9. The average Bonchev–Trinajstić information content (AvgIpc) is 2.81. The van der Waals surface area contributed by atoms with Gasteiger partial charge >= 0.3 is 0 Å². The fraction of sp³-hybridized carbons (Fsp3) is 0.138. The molecule has 1 atom stereocenters. The number of hydrogen-bond acceptors (Lipinski definition) is 4. The summed E-state index contributed by atoms with van der Waals surface area (Å²) < 4.78 is 0. The maximum atomic E-state index is 9.76. The smallest absolute Gasteiger partial charge is 0.123 e. The van der Waals surface area contributed by atoms with Crippen LogP contribution in [0.1, 0.15) is 36.0 Å². The third kappa shape index (κ3) is 8.99. The van der Waals surface area contributed by atoms with Crippen LogP contribution in [0.3, 0.4) is 0 Å². The van der Waals surface area contributed by atoms with Gasteiger partial charge in [0.25, 0.3) is 0 Å². The molecular formula is C29H31O4. The summed E-state index contributed by atoms with van der Waals surface area (Å²) in [6.07, 6.45) is 2.09. The van der Waals surface area contributed by atoms with Crippen molar-refractivity contribution in [3.63, 3.8) is 0 Å². The number of aromatic hydroxyl groups is 4. The van der Waals surface area contributed by atoms with Gasteiger partial charge in [0, 0.05) is 23.6 Å². The van der Waals surface area contributed by atoms with E-state index in [0.29, 0.717) is 0 Å². The molecule has 0 bridgehead atoms. The van der Waals surface area contributed by atoms with Crippen LogP contribution in [0, 0.1) is 6.92 Å². The van der Waals surface area contributed by atoms with E-state index >= 15 is 0 Å². The molecule has 4 heteroatoms. The maximum Gasteiger partial charge on any atom is 0.123 e. The van der Waals surface area contributed by atoms with Crippen molar-refractivity contribution in [3.8, 4) is 23.0 Å². The molecule has 0 spiro atoms. The molecule has 0 aliphatic carbocycles. The first-order valence-electron chi connectivity index (χ1n) is 10.8. The largest absolute Gasteiger partial charge is 0.508 e. The number of rotatable bonds is 4. The second-order valence-corrected chi connectivity index (χ2v) is 7.48.